The number of methoxy groups -OCH3 is 1. The molecule has 2 amide bonds. The first-order valence-corrected chi connectivity index (χ1v) is 11.2. The van der Waals surface area contributed by atoms with E-state index in [1.807, 2.05) is 0 Å². The predicted molar refractivity (Wildman–Crippen MR) is 117 cm³/mol. The molecule has 0 bridgehead atoms. The van der Waals surface area contributed by atoms with Gasteiger partial charge in [0.1, 0.15) is 11.4 Å². The van der Waals surface area contributed by atoms with Gasteiger partial charge in [0, 0.05) is 19.9 Å². The Bertz CT molecular complexity index is 1270. The monoisotopic (exact) mass is 543 g/mol. The van der Waals surface area contributed by atoms with Gasteiger partial charge in [0.15, 0.2) is 12.1 Å². The Kier molecular flexibility index (Phi) is 8.61. The largest absolute Gasteiger partial charge is 1.00 e. The molecule has 3 atom stereocenters. The van der Waals surface area contributed by atoms with Crippen molar-refractivity contribution in [3.05, 3.63) is 41.1 Å². The van der Waals surface area contributed by atoms with Crippen molar-refractivity contribution in [1.82, 2.24) is 30.4 Å². The average Bonchev–Trinajstić information content (AvgIpc) is 3.25. The van der Waals surface area contributed by atoms with E-state index in [-0.39, 0.29) is 64.5 Å². The Morgan fingerprint density at radius 2 is 1.97 bits per heavy atom. The number of hydrogen-bond acceptors (Lipinski definition) is 11. The van der Waals surface area contributed by atoms with Gasteiger partial charge in [0.2, 0.25) is 11.1 Å². The molecule has 0 radical (unpaired) electrons. The number of nitrogens with one attached hydrogen (secondary N) is 1. The van der Waals surface area contributed by atoms with Gasteiger partial charge in [-0.15, -0.1) is 5.10 Å². The van der Waals surface area contributed by atoms with Crippen LogP contribution >= 0.6 is 11.8 Å². The maximum absolute atomic E-state index is 13.2. The first kappa shape index (κ1) is 28.5. The second-order valence-electron chi connectivity index (χ2n) is 7.76. The third-order valence-corrected chi connectivity index (χ3v) is 6.73. The molecule has 0 aliphatic carbocycles. The quantitative estimate of drug-likeness (QED) is 0.0781. The summed E-state index contributed by atoms with van der Waals surface area (Å²) >= 11 is 1.14. The Morgan fingerprint density at radius 1 is 1.30 bits per heavy atom. The van der Waals surface area contributed by atoms with Crippen molar-refractivity contribution in [3.8, 4) is 5.75 Å². The van der Waals surface area contributed by atoms with Gasteiger partial charge in [-0.05, 0) is 33.7 Å². The van der Waals surface area contributed by atoms with Crippen molar-refractivity contribution in [2.24, 2.45) is 7.05 Å². The molecule has 1 aromatic heterocycles. The summed E-state index contributed by atoms with van der Waals surface area (Å²) in [6, 6.07) is 4.93. The van der Waals surface area contributed by atoms with E-state index in [4.69, 9.17) is 9.47 Å². The third kappa shape index (κ3) is 5.07. The molecule has 17 heteroatoms. The maximum Gasteiger partial charge on any atom is 1.00 e. The number of hydrogen-bond donors (Lipinski definition) is 4. The van der Waals surface area contributed by atoms with Gasteiger partial charge >= 0.3 is 41.5 Å². The number of aromatic hydroxyl groups is 1. The number of aliphatic carboxylic acids is 2. The summed E-state index contributed by atoms with van der Waals surface area (Å²) in [4.78, 5) is 51.0. The maximum atomic E-state index is 13.2. The number of β-lactam (4-membered cyclic amide) rings is 1. The second kappa shape index (κ2) is 11.2. The van der Waals surface area contributed by atoms with E-state index in [1.165, 1.54) is 28.9 Å². The SMILES string of the molecule is CO[C@@]1(NC(=O)C(C(=O)O)c2ccc(O)cc2)C(=O)N2C(C(=O)O)=C(CSc3nnnn3C)CO[C@@H]21.[Na+]. The predicted octanol–water partition coefficient (Wildman–Crippen LogP) is -4.12. The third-order valence-electron chi connectivity index (χ3n) is 5.64. The van der Waals surface area contributed by atoms with Crippen molar-refractivity contribution in [2.75, 3.05) is 19.5 Å². The van der Waals surface area contributed by atoms with Crippen LogP contribution in [0, 0.1) is 0 Å². The van der Waals surface area contributed by atoms with Crippen LogP contribution in [0.15, 0.2) is 40.7 Å². The number of phenols is 1. The number of tetrazole rings is 1. The smallest absolute Gasteiger partial charge is 0.508 e. The van der Waals surface area contributed by atoms with Crippen molar-refractivity contribution in [2.45, 2.75) is 23.0 Å². The number of thioether (sulfide) groups is 1. The fourth-order valence-electron chi connectivity index (χ4n) is 3.88. The van der Waals surface area contributed by atoms with Gasteiger partial charge in [0.25, 0.3) is 11.6 Å². The zero-order valence-corrected chi connectivity index (χ0v) is 22.6. The normalized spacial score (nSPS) is 21.4. The van der Waals surface area contributed by atoms with E-state index >= 15 is 0 Å². The van der Waals surface area contributed by atoms with Crippen LogP contribution in [0.5, 0.6) is 5.75 Å². The Labute approximate surface area is 235 Å². The number of aryl methyl sites for hydroxylation is 1. The number of rotatable bonds is 9. The molecule has 2 aliphatic rings. The first-order valence-electron chi connectivity index (χ1n) is 10.2. The van der Waals surface area contributed by atoms with E-state index in [2.05, 4.69) is 20.8 Å². The van der Waals surface area contributed by atoms with Crippen molar-refractivity contribution in [3.63, 3.8) is 0 Å². The number of phenolic OH excluding ortho intramolecular Hbond substituents is 1. The summed E-state index contributed by atoms with van der Waals surface area (Å²) in [5.74, 6) is -6.73. The van der Waals surface area contributed by atoms with Crippen LogP contribution in [-0.2, 0) is 35.7 Å². The molecule has 4 N–H and O–H groups in total. The van der Waals surface area contributed by atoms with Gasteiger partial charge in [-0.25, -0.2) is 9.48 Å². The van der Waals surface area contributed by atoms with E-state index in [9.17, 15) is 34.5 Å². The molecule has 1 aromatic carbocycles. The number of nitrogens with zero attached hydrogens (tertiary/aromatic N) is 5. The Morgan fingerprint density at radius 3 is 2.51 bits per heavy atom. The Hall–Kier alpha value is -3.02. The van der Waals surface area contributed by atoms with Crippen LogP contribution in [-0.4, -0.2) is 95.6 Å². The minimum absolute atomic E-state index is 0. The van der Waals surface area contributed by atoms with Crippen molar-refractivity contribution >= 4 is 35.5 Å². The van der Waals surface area contributed by atoms with Crippen LogP contribution in [0.1, 0.15) is 11.5 Å². The number of ether oxygens (including phenoxy) is 2. The van der Waals surface area contributed by atoms with Crippen LogP contribution in [0.4, 0.5) is 0 Å². The number of amides is 2. The van der Waals surface area contributed by atoms with Gasteiger partial charge < -0.3 is 30.1 Å². The summed E-state index contributed by atoms with van der Waals surface area (Å²) < 4.78 is 12.4. The summed E-state index contributed by atoms with van der Waals surface area (Å²) in [5.41, 5.74) is -2.17. The number of carboxylic acid groups (broad SMARTS) is 2. The number of carbonyl (C=O) groups excluding carboxylic acids is 2. The fraction of sp³-hybridized carbons (Fsp3) is 0.350. The standard InChI is InChI=1S/C20H20N6O9S.Na/c1-25-19(22-23-24-25)36-8-10-7-35-18-20(34-2,17(33)26(18)13(10)16(31)32)21-14(28)12(15(29)30)9-3-5-11(27)6-4-9;/h3-6,12,18,27H,7-8H2,1-2H3,(H,21,28)(H,29,30)(H,31,32);/q;+1/t12?,18-,20+;/m1./s1. The minimum atomic E-state index is -2.14. The topological polar surface area (TPSA) is 206 Å². The first-order chi connectivity index (χ1) is 17.1. The molecule has 3 heterocycles. The molecule has 1 unspecified atom stereocenters. The fourth-order valence-corrected chi connectivity index (χ4v) is 4.72. The number of carbonyl (C=O) groups is 4. The summed E-state index contributed by atoms with van der Waals surface area (Å²) in [6.45, 7) is -0.213. The van der Waals surface area contributed by atoms with Crippen LogP contribution in [0.25, 0.3) is 0 Å². The molecule has 1 saturated heterocycles. The molecule has 1 fully saturated rings. The molecule has 4 rings (SSSR count). The summed E-state index contributed by atoms with van der Waals surface area (Å²) in [6.07, 6.45) is -1.36. The molecule has 0 saturated carbocycles. The molecule has 15 nitrogen and oxygen atoms in total. The van der Waals surface area contributed by atoms with Gasteiger partial charge in [-0.2, -0.15) is 0 Å². The van der Waals surface area contributed by atoms with Gasteiger partial charge in [-0.1, -0.05) is 23.9 Å². The summed E-state index contributed by atoms with van der Waals surface area (Å²) in [7, 11) is 2.71. The molecule has 190 valence electrons. The summed E-state index contributed by atoms with van der Waals surface area (Å²) in [5, 5.41) is 42.6. The number of aromatic nitrogens is 4. The average molecular weight is 543 g/mol. The van der Waals surface area contributed by atoms with Crippen LogP contribution < -0.4 is 34.9 Å². The molecule has 37 heavy (non-hydrogen) atoms. The molecule has 0 spiro atoms. The van der Waals surface area contributed by atoms with E-state index in [0.29, 0.717) is 5.16 Å². The minimum Gasteiger partial charge on any atom is -0.508 e. The Balaban J connectivity index is 0.00000380. The van der Waals surface area contributed by atoms with E-state index in [1.54, 1.807) is 7.05 Å². The van der Waals surface area contributed by atoms with Gasteiger partial charge in [0.05, 0.1) is 6.61 Å². The molecule has 2 aliphatic heterocycles. The van der Waals surface area contributed by atoms with Crippen LogP contribution in [0.3, 0.4) is 0 Å². The zero-order valence-electron chi connectivity index (χ0n) is 19.8. The van der Waals surface area contributed by atoms with E-state index < -0.39 is 41.6 Å². The van der Waals surface area contributed by atoms with Crippen LogP contribution in [0.2, 0.25) is 0 Å². The molecular weight excluding hydrogens is 523 g/mol. The van der Waals surface area contributed by atoms with Crippen molar-refractivity contribution in [1.29, 1.82) is 0 Å². The molecular formula is C20H20N6NaO9S+. The molecule has 2 aromatic rings. The number of carboxylic acids is 2. The van der Waals surface area contributed by atoms with Crippen molar-refractivity contribution < 1.29 is 73.5 Å². The number of fused-ring (bicyclic) bond motifs is 1. The zero-order chi connectivity index (χ0) is 26.2. The van der Waals surface area contributed by atoms with Gasteiger partial charge in [-0.3, -0.25) is 19.3 Å². The van der Waals surface area contributed by atoms with E-state index in [0.717, 1.165) is 23.8 Å². The second-order valence-corrected chi connectivity index (χ2v) is 8.70. The number of benzene rings is 1.